The van der Waals surface area contributed by atoms with Crippen LogP contribution in [0.25, 0.3) is 0 Å². The minimum atomic E-state index is -1.42. The molecule has 0 aromatic heterocycles. The Morgan fingerprint density at radius 3 is 2.41 bits per heavy atom. The molecule has 4 heteroatoms. The Kier molecular flexibility index (Phi) is 7.73. The van der Waals surface area contributed by atoms with E-state index in [1.54, 1.807) is 6.92 Å². The van der Waals surface area contributed by atoms with E-state index >= 15 is 0 Å². The predicted octanol–water partition coefficient (Wildman–Crippen LogP) is 3.60. The van der Waals surface area contributed by atoms with Gasteiger partial charge in [-0.15, -0.1) is 5.54 Å². The zero-order valence-electron chi connectivity index (χ0n) is 11.6. The van der Waals surface area contributed by atoms with Gasteiger partial charge in [0.1, 0.15) is 8.07 Å². The van der Waals surface area contributed by atoms with Crippen molar-refractivity contribution in [2.75, 3.05) is 6.61 Å². The zero-order chi connectivity index (χ0) is 13.3. The van der Waals surface area contributed by atoms with Crippen molar-refractivity contribution in [1.29, 1.82) is 0 Å². The van der Waals surface area contributed by atoms with Gasteiger partial charge in [0.15, 0.2) is 6.10 Å². The average molecular weight is 256 g/mol. The Labute approximate surface area is 106 Å². The number of hydrogen-bond donors (Lipinski definition) is 0. The third kappa shape index (κ3) is 9.95. The average Bonchev–Trinajstić information content (AvgIpc) is 2.21. The SMILES string of the molecule is CCCCC(C#C[Si](C)(C)C)OC(=O)OCC. The predicted molar refractivity (Wildman–Crippen MR) is 72.5 cm³/mol. The fourth-order valence-corrected chi connectivity index (χ4v) is 1.71. The molecule has 0 saturated carbocycles. The molecule has 0 aliphatic carbocycles. The van der Waals surface area contributed by atoms with E-state index in [1.165, 1.54) is 0 Å². The fourth-order valence-electron chi connectivity index (χ4n) is 1.12. The Bertz CT molecular complexity index is 283. The highest BCUT2D eigenvalue weighted by Gasteiger charge is 2.14. The molecule has 0 saturated heterocycles. The number of carbonyl (C=O) groups excluding carboxylic acids is 1. The van der Waals surface area contributed by atoms with Gasteiger partial charge in [0.25, 0.3) is 0 Å². The van der Waals surface area contributed by atoms with E-state index in [2.05, 4.69) is 38.0 Å². The number of unbranched alkanes of at least 4 members (excludes halogenated alkanes) is 1. The van der Waals surface area contributed by atoms with Crippen molar-refractivity contribution in [2.24, 2.45) is 0 Å². The Balaban J connectivity index is 4.41. The van der Waals surface area contributed by atoms with E-state index in [-0.39, 0.29) is 6.10 Å². The van der Waals surface area contributed by atoms with E-state index < -0.39 is 14.2 Å². The van der Waals surface area contributed by atoms with Crippen molar-refractivity contribution in [3.63, 3.8) is 0 Å². The molecule has 0 bridgehead atoms. The molecule has 0 heterocycles. The van der Waals surface area contributed by atoms with E-state index in [9.17, 15) is 4.79 Å². The first-order chi connectivity index (χ1) is 7.89. The van der Waals surface area contributed by atoms with Crippen LogP contribution in [0, 0.1) is 11.5 Å². The molecule has 0 aromatic carbocycles. The van der Waals surface area contributed by atoms with Gasteiger partial charge in [0, 0.05) is 0 Å². The minimum absolute atomic E-state index is 0.319. The summed E-state index contributed by atoms with van der Waals surface area (Å²) in [5, 5.41) is 0. The molecule has 0 radical (unpaired) electrons. The Morgan fingerprint density at radius 1 is 1.29 bits per heavy atom. The van der Waals surface area contributed by atoms with Crippen LogP contribution in [0.3, 0.4) is 0 Å². The smallest absolute Gasteiger partial charge is 0.435 e. The Hall–Kier alpha value is -0.953. The molecule has 1 atom stereocenters. The van der Waals surface area contributed by atoms with Gasteiger partial charge in [0.05, 0.1) is 6.61 Å². The summed E-state index contributed by atoms with van der Waals surface area (Å²) in [4.78, 5) is 11.2. The first-order valence-corrected chi connectivity index (χ1v) is 9.75. The summed E-state index contributed by atoms with van der Waals surface area (Å²) in [5.74, 6) is 3.07. The highest BCUT2D eigenvalue weighted by molar-refractivity contribution is 6.83. The molecule has 0 aliphatic heterocycles. The normalized spacial score (nSPS) is 12.3. The van der Waals surface area contributed by atoms with E-state index in [0.29, 0.717) is 6.61 Å². The lowest BCUT2D eigenvalue weighted by molar-refractivity contribution is 0.0404. The quantitative estimate of drug-likeness (QED) is 0.428. The lowest BCUT2D eigenvalue weighted by Gasteiger charge is -2.12. The van der Waals surface area contributed by atoms with Crippen molar-refractivity contribution in [3.8, 4) is 11.5 Å². The molecular formula is C13H24O3Si. The van der Waals surface area contributed by atoms with Crippen LogP contribution < -0.4 is 0 Å². The first kappa shape index (κ1) is 16.0. The summed E-state index contributed by atoms with van der Waals surface area (Å²) in [6.45, 7) is 10.7. The molecule has 0 spiro atoms. The monoisotopic (exact) mass is 256 g/mol. The highest BCUT2D eigenvalue weighted by Crippen LogP contribution is 2.07. The van der Waals surface area contributed by atoms with Gasteiger partial charge >= 0.3 is 6.16 Å². The van der Waals surface area contributed by atoms with Crippen LogP contribution in [0.1, 0.15) is 33.1 Å². The highest BCUT2D eigenvalue weighted by atomic mass is 28.3. The maximum Gasteiger partial charge on any atom is 0.509 e. The summed E-state index contributed by atoms with van der Waals surface area (Å²) in [5.41, 5.74) is 3.23. The van der Waals surface area contributed by atoms with Gasteiger partial charge in [-0.1, -0.05) is 38.9 Å². The van der Waals surface area contributed by atoms with Crippen LogP contribution in [-0.4, -0.2) is 26.9 Å². The summed E-state index contributed by atoms with van der Waals surface area (Å²) in [6, 6.07) is 0. The van der Waals surface area contributed by atoms with Crippen LogP contribution in [0.2, 0.25) is 19.6 Å². The maximum atomic E-state index is 11.2. The number of carbonyl (C=O) groups is 1. The number of ether oxygens (including phenoxy) is 2. The molecule has 0 fully saturated rings. The summed E-state index contributed by atoms with van der Waals surface area (Å²) in [6.07, 6.45) is 1.92. The third-order valence-electron chi connectivity index (χ3n) is 1.93. The molecule has 3 nitrogen and oxygen atoms in total. The standard InChI is InChI=1S/C13H24O3Si/c1-6-8-9-12(10-11-17(3,4)5)16-13(14)15-7-2/h12H,6-9H2,1-5H3. The minimum Gasteiger partial charge on any atom is -0.435 e. The lowest BCUT2D eigenvalue weighted by Crippen LogP contribution is -2.21. The lowest BCUT2D eigenvalue weighted by atomic mass is 10.2. The van der Waals surface area contributed by atoms with E-state index in [1.807, 2.05) is 0 Å². The van der Waals surface area contributed by atoms with Crippen molar-refractivity contribution in [2.45, 2.75) is 58.9 Å². The van der Waals surface area contributed by atoms with Crippen molar-refractivity contribution in [1.82, 2.24) is 0 Å². The second-order valence-corrected chi connectivity index (χ2v) is 9.70. The van der Waals surface area contributed by atoms with Gasteiger partial charge in [-0.3, -0.25) is 0 Å². The van der Waals surface area contributed by atoms with E-state index in [0.717, 1.165) is 19.3 Å². The van der Waals surface area contributed by atoms with E-state index in [4.69, 9.17) is 9.47 Å². The molecule has 0 aromatic rings. The molecule has 0 rings (SSSR count). The van der Waals surface area contributed by atoms with Gasteiger partial charge in [0.2, 0.25) is 0 Å². The topological polar surface area (TPSA) is 35.5 Å². The van der Waals surface area contributed by atoms with Gasteiger partial charge in [-0.2, -0.15) is 0 Å². The summed E-state index contributed by atoms with van der Waals surface area (Å²) < 4.78 is 9.94. The zero-order valence-corrected chi connectivity index (χ0v) is 12.6. The van der Waals surface area contributed by atoms with Crippen molar-refractivity contribution < 1.29 is 14.3 Å². The van der Waals surface area contributed by atoms with Gasteiger partial charge < -0.3 is 9.47 Å². The molecule has 17 heavy (non-hydrogen) atoms. The summed E-state index contributed by atoms with van der Waals surface area (Å²) in [7, 11) is -1.42. The Morgan fingerprint density at radius 2 is 1.94 bits per heavy atom. The molecule has 98 valence electrons. The van der Waals surface area contributed by atoms with Crippen molar-refractivity contribution >= 4 is 14.2 Å². The first-order valence-electron chi connectivity index (χ1n) is 6.25. The van der Waals surface area contributed by atoms with Crippen LogP contribution in [0.15, 0.2) is 0 Å². The summed E-state index contributed by atoms with van der Waals surface area (Å²) >= 11 is 0. The fraction of sp³-hybridized carbons (Fsp3) is 0.769. The maximum absolute atomic E-state index is 11.2. The van der Waals surface area contributed by atoms with Gasteiger partial charge in [-0.05, 0) is 19.8 Å². The van der Waals surface area contributed by atoms with Crippen LogP contribution in [-0.2, 0) is 9.47 Å². The molecule has 0 amide bonds. The van der Waals surface area contributed by atoms with Crippen LogP contribution in [0.5, 0.6) is 0 Å². The van der Waals surface area contributed by atoms with Crippen LogP contribution in [0.4, 0.5) is 4.79 Å². The third-order valence-corrected chi connectivity index (χ3v) is 2.82. The molecule has 1 unspecified atom stereocenters. The second-order valence-electron chi connectivity index (χ2n) is 4.95. The van der Waals surface area contributed by atoms with Crippen LogP contribution >= 0.6 is 0 Å². The molecular weight excluding hydrogens is 232 g/mol. The molecule has 0 aliphatic rings. The number of rotatable bonds is 5. The number of hydrogen-bond acceptors (Lipinski definition) is 3. The largest absolute Gasteiger partial charge is 0.509 e. The molecule has 0 N–H and O–H groups in total. The second kappa shape index (κ2) is 8.18. The van der Waals surface area contributed by atoms with Crippen molar-refractivity contribution in [3.05, 3.63) is 0 Å². The van der Waals surface area contributed by atoms with Gasteiger partial charge in [-0.25, -0.2) is 4.79 Å².